The molecule has 4 aromatic rings. The topological polar surface area (TPSA) is 34.2 Å². The van der Waals surface area contributed by atoms with Crippen LogP contribution in [0.5, 0.6) is 0 Å². The molecule has 0 bridgehead atoms. The summed E-state index contributed by atoms with van der Waals surface area (Å²) in [5.74, 6) is 2.79. The Morgan fingerprint density at radius 1 is 1.13 bits per heavy atom. The van der Waals surface area contributed by atoms with Crippen LogP contribution in [0.1, 0.15) is 24.2 Å². The highest BCUT2D eigenvalue weighted by Gasteiger charge is 2.21. The van der Waals surface area contributed by atoms with E-state index < -0.39 is 0 Å². The minimum absolute atomic E-state index is 0.762. The SMILES string of the molecule is CN1CCC(CCc2nc3cc(-c4ccco4)ccc3n2Cc2ccc(Cl)cc2)C1. The summed E-state index contributed by atoms with van der Waals surface area (Å²) in [7, 11) is 2.21. The Balaban J connectivity index is 1.48. The molecule has 0 amide bonds. The van der Waals surface area contributed by atoms with E-state index in [0.29, 0.717) is 0 Å². The van der Waals surface area contributed by atoms with Crippen LogP contribution in [0.15, 0.2) is 65.3 Å². The van der Waals surface area contributed by atoms with Gasteiger partial charge in [-0.15, -0.1) is 0 Å². The van der Waals surface area contributed by atoms with Gasteiger partial charge < -0.3 is 13.9 Å². The molecule has 0 saturated carbocycles. The van der Waals surface area contributed by atoms with Gasteiger partial charge in [-0.3, -0.25) is 0 Å². The molecule has 2 aromatic carbocycles. The molecule has 5 heteroatoms. The average molecular weight is 420 g/mol. The van der Waals surface area contributed by atoms with Crippen molar-refractivity contribution in [1.82, 2.24) is 14.5 Å². The zero-order valence-electron chi connectivity index (χ0n) is 17.2. The molecular weight excluding hydrogens is 394 g/mol. The van der Waals surface area contributed by atoms with Gasteiger partial charge in [-0.25, -0.2) is 4.98 Å². The molecule has 2 aromatic heterocycles. The average Bonchev–Trinajstić information content (AvgIpc) is 3.49. The van der Waals surface area contributed by atoms with Gasteiger partial charge in [-0.2, -0.15) is 0 Å². The third-order valence-electron chi connectivity index (χ3n) is 6.15. The largest absolute Gasteiger partial charge is 0.464 e. The number of nitrogens with zero attached hydrogens (tertiary/aromatic N) is 3. The van der Waals surface area contributed by atoms with Crippen molar-refractivity contribution in [3.63, 3.8) is 0 Å². The molecule has 154 valence electrons. The summed E-state index contributed by atoms with van der Waals surface area (Å²) in [6.07, 6.45) is 5.18. The molecule has 1 fully saturated rings. The van der Waals surface area contributed by atoms with Crippen LogP contribution in [0.2, 0.25) is 5.02 Å². The van der Waals surface area contributed by atoms with Crippen molar-refractivity contribution in [3.8, 4) is 11.3 Å². The van der Waals surface area contributed by atoms with Gasteiger partial charge in [0, 0.05) is 30.1 Å². The highest BCUT2D eigenvalue weighted by Crippen LogP contribution is 2.28. The minimum Gasteiger partial charge on any atom is -0.464 e. The van der Waals surface area contributed by atoms with Crippen LogP contribution in [0.25, 0.3) is 22.4 Å². The molecule has 4 nitrogen and oxygen atoms in total. The minimum atomic E-state index is 0.762. The van der Waals surface area contributed by atoms with E-state index in [0.717, 1.165) is 46.6 Å². The van der Waals surface area contributed by atoms with Crippen molar-refractivity contribution in [3.05, 3.63) is 77.3 Å². The van der Waals surface area contributed by atoms with E-state index in [2.05, 4.69) is 46.8 Å². The molecule has 1 unspecified atom stereocenters. The lowest BCUT2D eigenvalue weighted by molar-refractivity contribution is 0.386. The van der Waals surface area contributed by atoms with Crippen LogP contribution in [-0.2, 0) is 13.0 Å². The summed E-state index contributed by atoms with van der Waals surface area (Å²) in [5, 5.41) is 0.767. The van der Waals surface area contributed by atoms with E-state index in [-0.39, 0.29) is 0 Å². The van der Waals surface area contributed by atoms with Crippen LogP contribution in [0.3, 0.4) is 0 Å². The summed E-state index contributed by atoms with van der Waals surface area (Å²) in [5.41, 5.74) is 4.48. The summed E-state index contributed by atoms with van der Waals surface area (Å²) in [6.45, 7) is 3.20. The molecule has 0 spiro atoms. The zero-order valence-corrected chi connectivity index (χ0v) is 18.0. The van der Waals surface area contributed by atoms with Crippen molar-refractivity contribution < 1.29 is 4.42 Å². The summed E-state index contributed by atoms with van der Waals surface area (Å²) < 4.78 is 7.95. The summed E-state index contributed by atoms with van der Waals surface area (Å²) >= 11 is 6.09. The lowest BCUT2D eigenvalue weighted by Gasteiger charge is -2.13. The fourth-order valence-corrected chi connectivity index (χ4v) is 4.64. The fraction of sp³-hybridized carbons (Fsp3) is 0.320. The molecule has 0 radical (unpaired) electrons. The van der Waals surface area contributed by atoms with E-state index in [9.17, 15) is 0 Å². The Morgan fingerprint density at radius 3 is 2.73 bits per heavy atom. The molecule has 30 heavy (non-hydrogen) atoms. The second-order valence-corrected chi connectivity index (χ2v) is 8.81. The quantitative estimate of drug-likeness (QED) is 0.391. The van der Waals surface area contributed by atoms with Gasteiger partial charge in [0.25, 0.3) is 0 Å². The Hall–Kier alpha value is -2.56. The van der Waals surface area contributed by atoms with Gasteiger partial charge >= 0.3 is 0 Å². The number of halogens is 1. The first kappa shape index (κ1) is 19.4. The summed E-state index contributed by atoms with van der Waals surface area (Å²) in [6, 6.07) is 18.5. The second kappa shape index (κ2) is 8.29. The standard InChI is InChI=1S/C25H26ClN3O/c1-28-13-12-19(16-28)6-11-25-27-22-15-20(24-3-2-14-30-24)7-10-23(22)29(25)17-18-4-8-21(26)9-5-18/h2-5,7-10,14-15,19H,6,11-13,16-17H2,1H3. The smallest absolute Gasteiger partial charge is 0.133 e. The van der Waals surface area contributed by atoms with Crippen molar-refractivity contribution in [2.24, 2.45) is 5.92 Å². The fourth-order valence-electron chi connectivity index (χ4n) is 4.51. The first-order valence-electron chi connectivity index (χ1n) is 10.6. The van der Waals surface area contributed by atoms with E-state index >= 15 is 0 Å². The lowest BCUT2D eigenvalue weighted by Crippen LogP contribution is -2.15. The van der Waals surface area contributed by atoms with E-state index in [1.165, 1.54) is 37.0 Å². The molecule has 1 atom stereocenters. The van der Waals surface area contributed by atoms with Gasteiger partial charge in [-0.05, 0) is 80.4 Å². The maximum Gasteiger partial charge on any atom is 0.133 e. The van der Waals surface area contributed by atoms with E-state index in [1.807, 2.05) is 24.3 Å². The number of benzene rings is 2. The van der Waals surface area contributed by atoms with E-state index in [4.69, 9.17) is 21.0 Å². The number of hydrogen-bond donors (Lipinski definition) is 0. The van der Waals surface area contributed by atoms with Gasteiger partial charge in [-0.1, -0.05) is 23.7 Å². The van der Waals surface area contributed by atoms with Gasteiger partial charge in [0.2, 0.25) is 0 Å². The maximum absolute atomic E-state index is 6.09. The van der Waals surface area contributed by atoms with Crippen molar-refractivity contribution in [2.75, 3.05) is 20.1 Å². The highest BCUT2D eigenvalue weighted by atomic mass is 35.5. The van der Waals surface area contributed by atoms with Crippen LogP contribution in [0, 0.1) is 5.92 Å². The summed E-state index contributed by atoms with van der Waals surface area (Å²) in [4.78, 5) is 7.49. The van der Waals surface area contributed by atoms with Crippen LogP contribution < -0.4 is 0 Å². The zero-order chi connectivity index (χ0) is 20.5. The predicted molar refractivity (Wildman–Crippen MR) is 122 cm³/mol. The van der Waals surface area contributed by atoms with Crippen molar-refractivity contribution in [2.45, 2.75) is 25.8 Å². The third kappa shape index (κ3) is 4.03. The number of rotatable bonds is 6. The lowest BCUT2D eigenvalue weighted by atomic mass is 10.0. The predicted octanol–water partition coefficient (Wildman–Crippen LogP) is 5.88. The van der Waals surface area contributed by atoms with Crippen LogP contribution in [0.4, 0.5) is 0 Å². The van der Waals surface area contributed by atoms with Crippen LogP contribution in [-0.4, -0.2) is 34.6 Å². The molecule has 1 aliphatic rings. The molecule has 5 rings (SSSR count). The first-order chi connectivity index (χ1) is 14.7. The van der Waals surface area contributed by atoms with Crippen LogP contribution >= 0.6 is 11.6 Å². The highest BCUT2D eigenvalue weighted by molar-refractivity contribution is 6.30. The normalized spacial score (nSPS) is 17.2. The molecule has 0 N–H and O–H groups in total. The molecule has 0 aliphatic carbocycles. The van der Waals surface area contributed by atoms with Crippen molar-refractivity contribution >= 4 is 22.6 Å². The first-order valence-corrected chi connectivity index (χ1v) is 11.0. The molecular formula is C25H26ClN3O. The number of fused-ring (bicyclic) bond motifs is 1. The third-order valence-corrected chi connectivity index (χ3v) is 6.40. The number of furan rings is 1. The second-order valence-electron chi connectivity index (χ2n) is 8.38. The monoisotopic (exact) mass is 419 g/mol. The molecule has 3 heterocycles. The van der Waals surface area contributed by atoms with E-state index in [1.54, 1.807) is 6.26 Å². The number of imidazole rings is 1. The number of hydrogen-bond acceptors (Lipinski definition) is 3. The van der Waals surface area contributed by atoms with Crippen molar-refractivity contribution in [1.29, 1.82) is 0 Å². The van der Waals surface area contributed by atoms with Gasteiger partial charge in [0.05, 0.1) is 17.3 Å². The number of likely N-dealkylation sites (tertiary alicyclic amines) is 1. The maximum atomic E-state index is 6.09. The molecule has 1 saturated heterocycles. The Bertz CT molecular complexity index is 1130. The number of aryl methyl sites for hydroxylation is 1. The molecule has 1 aliphatic heterocycles. The van der Waals surface area contributed by atoms with Gasteiger partial charge in [0.1, 0.15) is 11.6 Å². The number of aromatic nitrogens is 2. The Kier molecular flexibility index (Phi) is 5.36. The van der Waals surface area contributed by atoms with Gasteiger partial charge in [0.15, 0.2) is 0 Å². The Morgan fingerprint density at radius 2 is 2.00 bits per heavy atom. The Labute approximate surface area is 182 Å².